The number of hydrogen-bond donors (Lipinski definition) is 2. The third-order valence-electron chi connectivity index (χ3n) is 5.96. The zero-order chi connectivity index (χ0) is 21.8. The lowest BCUT2D eigenvalue weighted by molar-refractivity contribution is 0.419. The van der Waals surface area contributed by atoms with Gasteiger partial charge in [0.05, 0.1) is 13.2 Å². The summed E-state index contributed by atoms with van der Waals surface area (Å²) >= 11 is 5.60. The summed E-state index contributed by atoms with van der Waals surface area (Å²) in [5, 5.41) is 8.27. The highest BCUT2D eigenvalue weighted by Crippen LogP contribution is 2.30. The molecule has 1 saturated heterocycles. The predicted molar refractivity (Wildman–Crippen MR) is 133 cm³/mol. The summed E-state index contributed by atoms with van der Waals surface area (Å²) in [7, 11) is 1.65. The molecule has 162 valence electrons. The molecule has 5 nitrogen and oxygen atoms in total. The zero-order valence-electron chi connectivity index (χ0n) is 18.4. The van der Waals surface area contributed by atoms with Crippen LogP contribution in [0.3, 0.4) is 0 Å². The summed E-state index contributed by atoms with van der Waals surface area (Å²) in [6.45, 7) is 6.75. The van der Waals surface area contributed by atoms with E-state index < -0.39 is 0 Å². The molecule has 4 rings (SSSR count). The second-order valence-electron chi connectivity index (χ2n) is 8.32. The fraction of sp³-hybridized carbons (Fsp3) is 0.360. The maximum absolute atomic E-state index is 5.60. The molecule has 0 saturated carbocycles. The molecule has 2 heterocycles. The molecule has 1 aliphatic heterocycles. The van der Waals surface area contributed by atoms with Gasteiger partial charge in [-0.3, -0.25) is 4.98 Å². The number of nitrogens with zero attached hydrogens (tertiary/aromatic N) is 2. The smallest absolute Gasteiger partial charge is 0.171 e. The van der Waals surface area contributed by atoms with Crippen molar-refractivity contribution in [1.29, 1.82) is 0 Å². The quantitative estimate of drug-likeness (QED) is 0.515. The largest absolute Gasteiger partial charge is 0.494 e. The molecule has 0 aliphatic carbocycles. The predicted octanol–water partition coefficient (Wildman–Crippen LogP) is 5.53. The van der Waals surface area contributed by atoms with Gasteiger partial charge < -0.3 is 20.3 Å². The van der Waals surface area contributed by atoms with Gasteiger partial charge in [0.2, 0.25) is 0 Å². The number of nitrogens with one attached hydrogen (secondary N) is 2. The van der Waals surface area contributed by atoms with Crippen LogP contribution < -0.4 is 20.3 Å². The SMILES string of the molecule is COc1ccc(NC(=S)N[C@H](C)c2ccc(N3CCC[C@@H](C)C3)cc2)c2cccnc12. The van der Waals surface area contributed by atoms with E-state index in [9.17, 15) is 0 Å². The highest BCUT2D eigenvalue weighted by Gasteiger charge is 2.17. The fourth-order valence-electron chi connectivity index (χ4n) is 4.26. The van der Waals surface area contributed by atoms with Gasteiger partial charge >= 0.3 is 0 Å². The van der Waals surface area contributed by atoms with Crippen molar-refractivity contribution in [1.82, 2.24) is 10.3 Å². The van der Waals surface area contributed by atoms with E-state index in [4.69, 9.17) is 17.0 Å². The number of aromatic nitrogens is 1. The number of benzene rings is 2. The molecule has 0 bridgehead atoms. The summed E-state index contributed by atoms with van der Waals surface area (Å²) in [6, 6.07) is 16.7. The molecule has 0 amide bonds. The van der Waals surface area contributed by atoms with Gasteiger partial charge in [-0.1, -0.05) is 19.1 Å². The highest BCUT2D eigenvalue weighted by atomic mass is 32.1. The topological polar surface area (TPSA) is 49.4 Å². The third kappa shape index (κ3) is 4.90. The number of piperidine rings is 1. The normalized spacial score (nSPS) is 17.3. The van der Waals surface area contributed by atoms with E-state index >= 15 is 0 Å². The van der Waals surface area contributed by atoms with E-state index in [0.29, 0.717) is 5.11 Å². The summed E-state index contributed by atoms with van der Waals surface area (Å²) in [4.78, 5) is 6.94. The lowest BCUT2D eigenvalue weighted by Gasteiger charge is -2.33. The first-order chi connectivity index (χ1) is 15.0. The van der Waals surface area contributed by atoms with E-state index in [-0.39, 0.29) is 6.04 Å². The lowest BCUT2D eigenvalue weighted by Crippen LogP contribution is -2.34. The Hall–Kier alpha value is -2.86. The summed E-state index contributed by atoms with van der Waals surface area (Å²) < 4.78 is 5.43. The summed E-state index contributed by atoms with van der Waals surface area (Å²) in [5.74, 6) is 1.51. The van der Waals surface area contributed by atoms with Crippen molar-refractivity contribution in [3.63, 3.8) is 0 Å². The van der Waals surface area contributed by atoms with Crippen LogP contribution in [0.15, 0.2) is 54.7 Å². The van der Waals surface area contributed by atoms with Crippen molar-refractivity contribution < 1.29 is 4.74 Å². The Labute approximate surface area is 189 Å². The number of hydrogen-bond acceptors (Lipinski definition) is 4. The van der Waals surface area contributed by atoms with E-state index in [2.05, 4.69) is 58.6 Å². The van der Waals surface area contributed by atoms with Crippen LogP contribution in [-0.4, -0.2) is 30.3 Å². The average molecular weight is 435 g/mol. The Morgan fingerprint density at radius 1 is 1.19 bits per heavy atom. The first-order valence-electron chi connectivity index (χ1n) is 10.9. The number of ether oxygens (including phenoxy) is 1. The zero-order valence-corrected chi connectivity index (χ0v) is 19.2. The monoisotopic (exact) mass is 434 g/mol. The van der Waals surface area contributed by atoms with Gasteiger partial charge in [0.1, 0.15) is 11.3 Å². The minimum Gasteiger partial charge on any atom is -0.494 e. The van der Waals surface area contributed by atoms with Gasteiger partial charge in [-0.25, -0.2) is 0 Å². The standard InChI is InChI=1S/C25H30N4OS/c1-17-6-5-15-29(16-17)20-10-8-19(9-11-20)18(2)27-25(31)28-22-12-13-23(30-3)24-21(22)7-4-14-26-24/h4,7-14,17-18H,5-6,15-16H2,1-3H3,(H2,27,28,31)/t17-,18-/m1/s1. The maximum Gasteiger partial charge on any atom is 0.171 e. The van der Waals surface area contributed by atoms with E-state index in [1.807, 2.05) is 24.3 Å². The average Bonchev–Trinajstić information content (AvgIpc) is 2.79. The van der Waals surface area contributed by atoms with Crippen molar-refractivity contribution in [2.75, 3.05) is 30.4 Å². The van der Waals surface area contributed by atoms with Gasteiger partial charge in [0.25, 0.3) is 0 Å². The van der Waals surface area contributed by atoms with Crippen LogP contribution in [-0.2, 0) is 0 Å². The fourth-order valence-corrected chi connectivity index (χ4v) is 4.54. The van der Waals surface area contributed by atoms with Crippen molar-refractivity contribution in [2.24, 2.45) is 5.92 Å². The molecule has 0 radical (unpaired) electrons. The van der Waals surface area contributed by atoms with Gasteiger partial charge in [0.15, 0.2) is 5.11 Å². The van der Waals surface area contributed by atoms with Gasteiger partial charge in [-0.2, -0.15) is 0 Å². The van der Waals surface area contributed by atoms with Crippen molar-refractivity contribution >= 4 is 39.6 Å². The maximum atomic E-state index is 5.60. The minimum atomic E-state index is 0.0944. The highest BCUT2D eigenvalue weighted by molar-refractivity contribution is 7.80. The number of thiocarbonyl (C=S) groups is 1. The number of anilines is 2. The molecule has 2 aromatic carbocycles. The molecule has 6 heteroatoms. The molecule has 0 spiro atoms. The Bertz CT molecular complexity index is 1050. The van der Waals surface area contributed by atoms with Gasteiger partial charge in [0, 0.05) is 36.0 Å². The second-order valence-corrected chi connectivity index (χ2v) is 8.73. The van der Waals surface area contributed by atoms with Crippen LogP contribution >= 0.6 is 12.2 Å². The number of fused-ring (bicyclic) bond motifs is 1. The number of methoxy groups -OCH3 is 1. The molecule has 1 fully saturated rings. The molecular weight excluding hydrogens is 404 g/mol. The number of rotatable bonds is 5. The Balaban J connectivity index is 1.41. The first kappa shape index (κ1) is 21.4. The molecule has 0 unspecified atom stereocenters. The molecule has 2 atom stereocenters. The lowest BCUT2D eigenvalue weighted by atomic mass is 9.99. The van der Waals surface area contributed by atoms with Crippen molar-refractivity contribution in [3.05, 3.63) is 60.3 Å². The first-order valence-corrected chi connectivity index (χ1v) is 11.3. The van der Waals surface area contributed by atoms with E-state index in [1.54, 1.807) is 13.3 Å². The molecule has 1 aromatic heterocycles. The molecule has 3 aromatic rings. The van der Waals surface area contributed by atoms with Crippen LogP contribution in [0.25, 0.3) is 10.9 Å². The van der Waals surface area contributed by atoms with Crippen molar-refractivity contribution in [3.8, 4) is 5.75 Å². The van der Waals surface area contributed by atoms with Crippen LogP contribution in [0.1, 0.15) is 38.3 Å². The Kier molecular flexibility index (Phi) is 6.56. The second kappa shape index (κ2) is 9.52. The minimum absolute atomic E-state index is 0.0944. The van der Waals surface area contributed by atoms with Crippen LogP contribution in [0.2, 0.25) is 0 Å². The van der Waals surface area contributed by atoms with Crippen molar-refractivity contribution in [2.45, 2.75) is 32.7 Å². The number of pyridine rings is 1. The van der Waals surface area contributed by atoms with Gasteiger partial charge in [-0.15, -0.1) is 0 Å². The van der Waals surface area contributed by atoms with Crippen LogP contribution in [0.5, 0.6) is 5.75 Å². The van der Waals surface area contributed by atoms with E-state index in [0.717, 1.165) is 41.3 Å². The van der Waals surface area contributed by atoms with Crippen LogP contribution in [0.4, 0.5) is 11.4 Å². The molecule has 1 aliphatic rings. The molecule has 31 heavy (non-hydrogen) atoms. The Morgan fingerprint density at radius 2 is 2.00 bits per heavy atom. The van der Waals surface area contributed by atoms with Crippen LogP contribution in [0, 0.1) is 5.92 Å². The molecular formula is C25H30N4OS. The van der Waals surface area contributed by atoms with Gasteiger partial charge in [-0.05, 0) is 79.9 Å². The summed E-state index contributed by atoms with van der Waals surface area (Å²) in [5.41, 5.74) is 4.23. The van der Waals surface area contributed by atoms with E-state index in [1.165, 1.54) is 24.1 Å². The third-order valence-corrected chi connectivity index (χ3v) is 6.18. The summed E-state index contributed by atoms with van der Waals surface area (Å²) in [6.07, 6.45) is 4.37. The molecule has 2 N–H and O–H groups in total. The Morgan fingerprint density at radius 3 is 2.74 bits per heavy atom.